The number of nitrogens with zero attached hydrogens (tertiary/aromatic N) is 5. The average molecular weight is 263 g/mol. The number of carboxylic acids is 1. The van der Waals surface area contributed by atoms with E-state index < -0.39 is 11.8 Å². The lowest BCUT2D eigenvalue weighted by molar-refractivity contribution is 0.0691. The summed E-state index contributed by atoms with van der Waals surface area (Å²) in [6.07, 6.45) is 2.91. The molecule has 0 spiro atoms. The highest BCUT2D eigenvalue weighted by atomic mass is 19.1. The van der Waals surface area contributed by atoms with Crippen molar-refractivity contribution in [1.82, 2.24) is 19.7 Å². The number of carboxylic acid groups (broad SMARTS) is 1. The van der Waals surface area contributed by atoms with Gasteiger partial charge >= 0.3 is 5.97 Å². The summed E-state index contributed by atoms with van der Waals surface area (Å²) in [5.41, 5.74) is -0.378. The molecule has 2 aromatic heterocycles. The summed E-state index contributed by atoms with van der Waals surface area (Å²) in [6.45, 7) is 1.49. The Kier molecular flexibility index (Phi) is 2.62. The number of halogens is 1. The Morgan fingerprint density at radius 1 is 1.42 bits per heavy atom. The van der Waals surface area contributed by atoms with Crippen LogP contribution in [0.1, 0.15) is 16.2 Å². The monoisotopic (exact) mass is 263 g/mol. The number of hydrogen-bond acceptors (Lipinski definition) is 5. The van der Waals surface area contributed by atoms with Gasteiger partial charge in [-0.1, -0.05) is 0 Å². The van der Waals surface area contributed by atoms with Crippen molar-refractivity contribution in [2.24, 2.45) is 0 Å². The van der Waals surface area contributed by atoms with Crippen molar-refractivity contribution >= 4 is 11.8 Å². The molecule has 0 saturated heterocycles. The Labute approximate surface area is 107 Å². The van der Waals surface area contributed by atoms with Crippen LogP contribution in [-0.4, -0.2) is 37.4 Å². The summed E-state index contributed by atoms with van der Waals surface area (Å²) < 4.78 is 16.0. The molecule has 0 bridgehead atoms. The molecule has 1 aliphatic heterocycles. The van der Waals surface area contributed by atoms with E-state index in [-0.39, 0.29) is 11.4 Å². The van der Waals surface area contributed by atoms with Gasteiger partial charge in [-0.3, -0.25) is 0 Å². The van der Waals surface area contributed by atoms with Gasteiger partial charge in [-0.2, -0.15) is 0 Å². The maximum atomic E-state index is 14.1. The SMILES string of the molecule is O=C(O)c1ccnc(N2CCn3cnnc3C2)c1F. The zero-order valence-electron chi connectivity index (χ0n) is 9.82. The highest BCUT2D eigenvalue weighted by Crippen LogP contribution is 2.23. The van der Waals surface area contributed by atoms with Crippen LogP contribution in [0.5, 0.6) is 0 Å². The van der Waals surface area contributed by atoms with Crippen LogP contribution in [0, 0.1) is 5.82 Å². The molecule has 1 N–H and O–H groups in total. The molecule has 98 valence electrons. The van der Waals surface area contributed by atoms with Crippen LogP contribution >= 0.6 is 0 Å². The standard InChI is InChI=1S/C11H10FN5O2/c12-9-7(11(18)19)1-2-13-10(9)16-3-4-17-6-14-15-8(17)5-16/h1-2,6H,3-5H2,(H,18,19). The van der Waals surface area contributed by atoms with Crippen molar-refractivity contribution in [3.63, 3.8) is 0 Å². The van der Waals surface area contributed by atoms with Gasteiger partial charge < -0.3 is 14.6 Å². The summed E-state index contributed by atoms with van der Waals surface area (Å²) in [7, 11) is 0. The van der Waals surface area contributed by atoms with Crippen molar-refractivity contribution in [1.29, 1.82) is 0 Å². The van der Waals surface area contributed by atoms with Crippen LogP contribution in [0.25, 0.3) is 0 Å². The van der Waals surface area contributed by atoms with Crippen molar-refractivity contribution in [2.75, 3.05) is 11.4 Å². The van der Waals surface area contributed by atoms with Gasteiger partial charge in [0.05, 0.1) is 6.54 Å². The summed E-state index contributed by atoms with van der Waals surface area (Å²) in [5.74, 6) is -1.38. The number of hydrogen-bond donors (Lipinski definition) is 1. The average Bonchev–Trinajstić information content (AvgIpc) is 2.85. The molecule has 3 rings (SSSR count). The van der Waals surface area contributed by atoms with Gasteiger partial charge in [0, 0.05) is 19.3 Å². The van der Waals surface area contributed by atoms with Crippen LogP contribution < -0.4 is 4.90 Å². The van der Waals surface area contributed by atoms with Crippen LogP contribution in [0.15, 0.2) is 18.6 Å². The van der Waals surface area contributed by atoms with Crippen molar-refractivity contribution in [3.8, 4) is 0 Å². The summed E-state index contributed by atoms with van der Waals surface area (Å²) in [6, 6.07) is 1.15. The number of pyridine rings is 1. The van der Waals surface area contributed by atoms with Gasteiger partial charge in [0.1, 0.15) is 11.9 Å². The summed E-state index contributed by atoms with van der Waals surface area (Å²) in [5, 5.41) is 16.6. The van der Waals surface area contributed by atoms with Crippen LogP contribution in [-0.2, 0) is 13.1 Å². The molecule has 2 aromatic rings. The van der Waals surface area contributed by atoms with E-state index in [0.717, 1.165) is 6.07 Å². The second-order valence-corrected chi connectivity index (χ2v) is 4.16. The molecule has 0 aliphatic carbocycles. The minimum Gasteiger partial charge on any atom is -0.478 e. The fourth-order valence-corrected chi connectivity index (χ4v) is 2.07. The normalized spacial score (nSPS) is 14.3. The van der Waals surface area contributed by atoms with Crippen LogP contribution in [0.4, 0.5) is 10.2 Å². The molecular weight excluding hydrogens is 253 g/mol. The van der Waals surface area contributed by atoms with Crippen molar-refractivity contribution in [2.45, 2.75) is 13.1 Å². The molecule has 19 heavy (non-hydrogen) atoms. The molecular formula is C11H10FN5O2. The molecule has 0 aromatic carbocycles. The topological polar surface area (TPSA) is 84.1 Å². The largest absolute Gasteiger partial charge is 0.478 e. The van der Waals surface area contributed by atoms with E-state index in [9.17, 15) is 9.18 Å². The first kappa shape index (κ1) is 11.6. The highest BCUT2D eigenvalue weighted by molar-refractivity contribution is 5.88. The molecule has 0 unspecified atom stereocenters. The Morgan fingerprint density at radius 2 is 2.26 bits per heavy atom. The Morgan fingerprint density at radius 3 is 3.05 bits per heavy atom. The zero-order valence-corrected chi connectivity index (χ0v) is 9.82. The van der Waals surface area contributed by atoms with E-state index in [2.05, 4.69) is 15.2 Å². The predicted molar refractivity (Wildman–Crippen MR) is 62.2 cm³/mol. The fraction of sp³-hybridized carbons (Fsp3) is 0.273. The molecule has 3 heterocycles. The van der Waals surface area contributed by atoms with Crippen molar-refractivity contribution < 1.29 is 14.3 Å². The predicted octanol–water partition coefficient (Wildman–Crippen LogP) is 0.531. The molecule has 8 heteroatoms. The zero-order chi connectivity index (χ0) is 13.4. The van der Waals surface area contributed by atoms with Gasteiger partial charge in [0.2, 0.25) is 0 Å². The Bertz CT molecular complexity index is 642. The summed E-state index contributed by atoms with van der Waals surface area (Å²) in [4.78, 5) is 16.5. The van der Waals surface area contributed by atoms with Gasteiger partial charge in [-0.25, -0.2) is 14.2 Å². The van der Waals surface area contributed by atoms with Gasteiger partial charge in [0.25, 0.3) is 0 Å². The summed E-state index contributed by atoms with van der Waals surface area (Å²) >= 11 is 0. The lowest BCUT2D eigenvalue weighted by Crippen LogP contribution is -2.35. The molecule has 0 atom stereocenters. The minimum absolute atomic E-state index is 0.0363. The lowest BCUT2D eigenvalue weighted by Gasteiger charge is -2.28. The third kappa shape index (κ3) is 1.90. The number of fused-ring (bicyclic) bond motifs is 1. The van der Waals surface area contributed by atoms with E-state index in [4.69, 9.17) is 5.11 Å². The molecule has 0 saturated carbocycles. The van der Waals surface area contributed by atoms with Crippen LogP contribution in [0.2, 0.25) is 0 Å². The van der Waals surface area contributed by atoms with E-state index in [1.54, 1.807) is 11.2 Å². The third-order valence-corrected chi connectivity index (χ3v) is 3.04. The van der Waals surface area contributed by atoms with E-state index in [1.165, 1.54) is 6.20 Å². The Hall–Kier alpha value is -2.51. The molecule has 0 amide bonds. The number of rotatable bonds is 2. The molecule has 0 fully saturated rings. The van der Waals surface area contributed by atoms with Gasteiger partial charge in [-0.05, 0) is 6.07 Å². The lowest BCUT2D eigenvalue weighted by atomic mass is 10.2. The van der Waals surface area contributed by atoms with E-state index >= 15 is 0 Å². The third-order valence-electron chi connectivity index (χ3n) is 3.04. The maximum Gasteiger partial charge on any atom is 0.338 e. The van der Waals surface area contributed by atoms with Crippen molar-refractivity contribution in [3.05, 3.63) is 35.8 Å². The smallest absolute Gasteiger partial charge is 0.338 e. The quantitative estimate of drug-likeness (QED) is 0.850. The fourth-order valence-electron chi connectivity index (χ4n) is 2.07. The first-order valence-electron chi connectivity index (χ1n) is 5.66. The second kappa shape index (κ2) is 4.30. The number of aromatic carboxylic acids is 1. The number of anilines is 1. The number of carbonyl (C=O) groups is 1. The first-order valence-corrected chi connectivity index (χ1v) is 5.66. The molecule has 7 nitrogen and oxygen atoms in total. The van der Waals surface area contributed by atoms with E-state index in [0.29, 0.717) is 25.5 Å². The highest BCUT2D eigenvalue weighted by Gasteiger charge is 2.24. The molecule has 1 aliphatic rings. The first-order chi connectivity index (χ1) is 9.16. The molecule has 0 radical (unpaired) electrons. The van der Waals surface area contributed by atoms with Gasteiger partial charge in [0.15, 0.2) is 17.5 Å². The minimum atomic E-state index is -1.30. The van der Waals surface area contributed by atoms with E-state index in [1.807, 2.05) is 4.57 Å². The number of aromatic nitrogens is 4. The Balaban J connectivity index is 1.96. The maximum absolute atomic E-state index is 14.1. The van der Waals surface area contributed by atoms with Crippen LogP contribution in [0.3, 0.4) is 0 Å². The van der Waals surface area contributed by atoms with Gasteiger partial charge in [-0.15, -0.1) is 10.2 Å². The second-order valence-electron chi connectivity index (χ2n) is 4.16.